The second-order valence-corrected chi connectivity index (χ2v) is 7.03. The lowest BCUT2D eigenvalue weighted by Gasteiger charge is -2.09. The molecule has 0 amide bonds. The van der Waals surface area contributed by atoms with E-state index in [4.69, 9.17) is 9.52 Å². The van der Waals surface area contributed by atoms with E-state index < -0.39 is 31.5 Å². The van der Waals surface area contributed by atoms with Gasteiger partial charge in [-0.25, -0.2) is 13.2 Å². The van der Waals surface area contributed by atoms with E-state index in [0.717, 1.165) is 12.1 Å². The van der Waals surface area contributed by atoms with Crippen LogP contribution in [0.2, 0.25) is 0 Å². The van der Waals surface area contributed by atoms with Crippen LogP contribution >= 0.6 is 0 Å². The fourth-order valence-electron chi connectivity index (χ4n) is 2.36. The molecule has 2 aromatic carbocycles. The number of carbonyl (C=O) groups is 1. The van der Waals surface area contributed by atoms with Crippen molar-refractivity contribution in [1.29, 1.82) is 0 Å². The summed E-state index contributed by atoms with van der Waals surface area (Å²) in [6.07, 6.45) is 0. The van der Waals surface area contributed by atoms with Crippen molar-refractivity contribution in [2.24, 2.45) is 0 Å². The van der Waals surface area contributed by atoms with Gasteiger partial charge < -0.3 is 9.52 Å². The number of nitrogens with zero attached hydrogens (tertiary/aromatic N) is 1. The monoisotopic (exact) mass is 388 g/mol. The van der Waals surface area contributed by atoms with Gasteiger partial charge >= 0.3 is 5.97 Å². The number of nitro groups is 1. The molecule has 9 nitrogen and oxygen atoms in total. The first-order valence-corrected chi connectivity index (χ1v) is 8.96. The Morgan fingerprint density at radius 3 is 2.30 bits per heavy atom. The van der Waals surface area contributed by atoms with Crippen molar-refractivity contribution in [2.45, 2.75) is 4.90 Å². The lowest BCUT2D eigenvalue weighted by Crippen LogP contribution is -2.14. The zero-order valence-electron chi connectivity index (χ0n) is 13.5. The van der Waals surface area contributed by atoms with Crippen LogP contribution in [-0.4, -0.2) is 24.4 Å². The van der Waals surface area contributed by atoms with Crippen molar-refractivity contribution in [3.63, 3.8) is 0 Å². The fraction of sp³-hybridized carbons (Fsp3) is 0. The fourth-order valence-corrected chi connectivity index (χ4v) is 3.59. The third-order valence-electron chi connectivity index (χ3n) is 3.59. The van der Waals surface area contributed by atoms with E-state index in [1.54, 1.807) is 0 Å². The minimum absolute atomic E-state index is 0.182. The van der Waals surface area contributed by atoms with E-state index in [9.17, 15) is 23.3 Å². The third-order valence-corrected chi connectivity index (χ3v) is 5.02. The molecule has 138 valence electrons. The number of rotatable bonds is 6. The van der Waals surface area contributed by atoms with E-state index >= 15 is 0 Å². The van der Waals surface area contributed by atoms with Gasteiger partial charge in [-0.15, -0.1) is 0 Å². The van der Waals surface area contributed by atoms with Gasteiger partial charge in [0.15, 0.2) is 4.90 Å². The molecule has 3 aromatic rings. The van der Waals surface area contributed by atoms with Crippen molar-refractivity contribution < 1.29 is 27.7 Å². The average molecular weight is 388 g/mol. The van der Waals surface area contributed by atoms with Gasteiger partial charge in [0.05, 0.1) is 4.92 Å². The molecule has 2 N–H and O–H groups in total. The summed E-state index contributed by atoms with van der Waals surface area (Å²) in [4.78, 5) is 20.7. The Bertz CT molecular complexity index is 1120. The second-order valence-electron chi connectivity index (χ2n) is 5.38. The largest absolute Gasteiger partial charge is 0.475 e. The highest BCUT2D eigenvalue weighted by molar-refractivity contribution is 7.92. The zero-order chi connectivity index (χ0) is 19.6. The molecular formula is C17H12N2O7S. The van der Waals surface area contributed by atoms with Crippen molar-refractivity contribution in [3.8, 4) is 11.3 Å². The first-order valence-electron chi connectivity index (χ1n) is 7.48. The Balaban J connectivity index is 1.86. The molecule has 0 saturated heterocycles. The van der Waals surface area contributed by atoms with Gasteiger partial charge in [0.1, 0.15) is 5.76 Å². The Morgan fingerprint density at radius 1 is 1.04 bits per heavy atom. The molecule has 0 saturated carbocycles. The molecule has 0 fully saturated rings. The summed E-state index contributed by atoms with van der Waals surface area (Å²) in [7, 11) is -4.17. The van der Waals surface area contributed by atoms with Gasteiger partial charge in [0, 0.05) is 17.3 Å². The SMILES string of the molecule is O=C(O)c1ccc(-c2ccc(NS(=O)(=O)c3ccccc3[N+](=O)[O-])cc2)o1. The highest BCUT2D eigenvalue weighted by Crippen LogP contribution is 2.27. The van der Waals surface area contributed by atoms with E-state index in [1.807, 2.05) is 0 Å². The van der Waals surface area contributed by atoms with Gasteiger partial charge in [0.2, 0.25) is 5.76 Å². The van der Waals surface area contributed by atoms with Crippen LogP contribution < -0.4 is 4.72 Å². The molecule has 3 rings (SSSR count). The van der Waals surface area contributed by atoms with Crippen LogP contribution in [0.4, 0.5) is 11.4 Å². The summed E-state index contributed by atoms with van der Waals surface area (Å²) >= 11 is 0. The number of benzene rings is 2. The quantitative estimate of drug-likeness (QED) is 0.487. The number of anilines is 1. The summed E-state index contributed by atoms with van der Waals surface area (Å²) < 4.78 is 32.4. The Hall–Kier alpha value is -3.66. The molecule has 0 aliphatic rings. The van der Waals surface area contributed by atoms with Gasteiger partial charge in [-0.05, 0) is 42.5 Å². The van der Waals surface area contributed by atoms with Crippen molar-refractivity contribution >= 4 is 27.4 Å². The molecular weight excluding hydrogens is 376 g/mol. The highest BCUT2D eigenvalue weighted by Gasteiger charge is 2.25. The molecule has 0 aliphatic heterocycles. The van der Waals surface area contributed by atoms with E-state index in [2.05, 4.69) is 4.72 Å². The minimum Gasteiger partial charge on any atom is -0.475 e. The van der Waals surface area contributed by atoms with Crippen molar-refractivity contribution in [1.82, 2.24) is 0 Å². The van der Waals surface area contributed by atoms with Crippen LogP contribution in [0.1, 0.15) is 10.6 Å². The number of sulfonamides is 1. The van der Waals surface area contributed by atoms with Crippen LogP contribution in [-0.2, 0) is 10.0 Å². The molecule has 10 heteroatoms. The maximum Gasteiger partial charge on any atom is 0.371 e. The van der Waals surface area contributed by atoms with Crippen LogP contribution in [0.15, 0.2) is 70.0 Å². The van der Waals surface area contributed by atoms with E-state index in [0.29, 0.717) is 11.3 Å². The minimum atomic E-state index is -4.17. The first-order chi connectivity index (χ1) is 12.8. The molecule has 1 heterocycles. The van der Waals surface area contributed by atoms with Gasteiger partial charge in [0.25, 0.3) is 15.7 Å². The number of furan rings is 1. The van der Waals surface area contributed by atoms with Crippen LogP contribution in [0.25, 0.3) is 11.3 Å². The summed E-state index contributed by atoms with van der Waals surface area (Å²) in [5, 5.41) is 19.9. The maximum atomic E-state index is 12.5. The number of nitrogens with one attached hydrogen (secondary N) is 1. The van der Waals surface area contributed by atoms with Crippen LogP contribution in [0.5, 0.6) is 0 Å². The topological polar surface area (TPSA) is 140 Å². The molecule has 0 atom stereocenters. The van der Waals surface area contributed by atoms with Gasteiger partial charge in [-0.2, -0.15) is 0 Å². The van der Waals surface area contributed by atoms with Crippen molar-refractivity contribution in [3.05, 3.63) is 76.5 Å². The Kier molecular flexibility index (Phi) is 4.65. The number of nitro benzene ring substituents is 1. The number of para-hydroxylation sites is 1. The predicted molar refractivity (Wildman–Crippen MR) is 95.0 cm³/mol. The number of aromatic carboxylic acids is 1. The summed E-state index contributed by atoms with van der Waals surface area (Å²) in [6.45, 7) is 0. The van der Waals surface area contributed by atoms with Gasteiger partial charge in [-0.1, -0.05) is 12.1 Å². The Morgan fingerprint density at radius 2 is 1.70 bits per heavy atom. The molecule has 0 unspecified atom stereocenters. The third kappa shape index (κ3) is 3.80. The zero-order valence-corrected chi connectivity index (χ0v) is 14.3. The summed E-state index contributed by atoms with van der Waals surface area (Å²) in [6, 6.07) is 13.7. The van der Waals surface area contributed by atoms with Crippen molar-refractivity contribution in [2.75, 3.05) is 4.72 Å². The first kappa shape index (κ1) is 18.1. The second kappa shape index (κ2) is 6.92. The molecule has 0 bridgehead atoms. The number of hydrogen-bond acceptors (Lipinski definition) is 6. The molecule has 0 aliphatic carbocycles. The maximum absolute atomic E-state index is 12.5. The number of carboxylic acids is 1. The normalized spacial score (nSPS) is 11.1. The lowest BCUT2D eigenvalue weighted by atomic mass is 10.1. The summed E-state index contributed by atoms with van der Waals surface area (Å²) in [5.74, 6) is -1.11. The standard InChI is InChI=1S/C17H12N2O7S/c20-17(21)15-10-9-14(26-15)11-5-7-12(8-6-11)18-27(24,25)16-4-2-1-3-13(16)19(22)23/h1-10,18H,(H,20,21). The number of carboxylic acid groups (broad SMARTS) is 1. The predicted octanol–water partition coefficient (Wildman–Crippen LogP) is 3.35. The lowest BCUT2D eigenvalue weighted by molar-refractivity contribution is -0.387. The van der Waals surface area contributed by atoms with E-state index in [-0.39, 0.29) is 11.4 Å². The smallest absolute Gasteiger partial charge is 0.371 e. The van der Waals surface area contributed by atoms with Gasteiger partial charge in [-0.3, -0.25) is 14.8 Å². The molecule has 1 aromatic heterocycles. The average Bonchev–Trinajstić information content (AvgIpc) is 3.12. The Labute approximate surface area is 153 Å². The molecule has 27 heavy (non-hydrogen) atoms. The van der Waals surface area contributed by atoms with E-state index in [1.165, 1.54) is 48.5 Å². The number of hydrogen-bond donors (Lipinski definition) is 2. The molecule has 0 radical (unpaired) electrons. The molecule has 0 spiro atoms. The van der Waals surface area contributed by atoms with Crippen LogP contribution in [0.3, 0.4) is 0 Å². The summed E-state index contributed by atoms with van der Waals surface area (Å²) in [5.41, 5.74) is 0.191. The highest BCUT2D eigenvalue weighted by atomic mass is 32.2. The van der Waals surface area contributed by atoms with Crippen LogP contribution in [0, 0.1) is 10.1 Å².